The second kappa shape index (κ2) is 19.1. The molecule has 1 aliphatic carbocycles. The lowest BCUT2D eigenvalue weighted by Crippen LogP contribution is -2.59. The van der Waals surface area contributed by atoms with Crippen LogP contribution in [0.15, 0.2) is 85.2 Å². The van der Waals surface area contributed by atoms with E-state index in [0.29, 0.717) is 90.2 Å². The highest BCUT2D eigenvalue weighted by Crippen LogP contribution is 2.48. The normalized spacial score (nSPS) is 19.6. The van der Waals surface area contributed by atoms with Crippen molar-refractivity contribution in [2.24, 2.45) is 11.3 Å². The van der Waals surface area contributed by atoms with Gasteiger partial charge >= 0.3 is 0 Å². The third-order valence-electron chi connectivity index (χ3n) is 14.9. The number of nitrogens with zero attached hydrogens (tertiary/aromatic N) is 6. The maximum absolute atomic E-state index is 16.1. The summed E-state index contributed by atoms with van der Waals surface area (Å²) < 4.78 is 35.6. The molecule has 19 heteroatoms. The summed E-state index contributed by atoms with van der Waals surface area (Å²) in [5.41, 5.74) is 1.01. The number of nitrogens with one attached hydrogen (secondary N) is 4. The van der Waals surface area contributed by atoms with Crippen molar-refractivity contribution in [3.8, 4) is 11.5 Å². The number of imide groups is 2. The molecule has 4 aliphatic heterocycles. The fourth-order valence-electron chi connectivity index (χ4n) is 10.4. The van der Waals surface area contributed by atoms with Gasteiger partial charge in [-0.3, -0.25) is 53.8 Å². The zero-order chi connectivity index (χ0) is 49.6. The van der Waals surface area contributed by atoms with Gasteiger partial charge in [0.25, 0.3) is 11.8 Å². The van der Waals surface area contributed by atoms with Gasteiger partial charge in [-0.15, -0.1) is 0 Å². The van der Waals surface area contributed by atoms with E-state index in [-0.39, 0.29) is 35.3 Å². The molecule has 2 aromatic heterocycles. The molecule has 71 heavy (non-hydrogen) atoms. The van der Waals surface area contributed by atoms with Crippen LogP contribution in [0, 0.1) is 23.0 Å². The second-order valence-electron chi connectivity index (χ2n) is 19.5. The number of halogens is 2. The molecule has 17 nitrogen and oxygen atoms in total. The highest BCUT2D eigenvalue weighted by molar-refractivity contribution is 6.25. The van der Waals surface area contributed by atoms with Gasteiger partial charge in [-0.1, -0.05) is 0 Å². The average molecular weight is 969 g/mol. The lowest BCUT2D eigenvalue weighted by Gasteiger charge is -2.50. The van der Waals surface area contributed by atoms with Crippen molar-refractivity contribution in [2.45, 2.75) is 64.0 Å². The fourth-order valence-corrected chi connectivity index (χ4v) is 10.4. The SMILES string of the molecule is CC(C)(C1CCN(c2cc3nccc(Oc4ccc(NC(=O)C5(C(=O)Nc6ccc(F)cc6)CC5)cc4)c3cc2F)CC1)N1CCN(CCNc2nccc3c2C(=O)N(C2CCC(=O)NC2=O)C3=O)CC1. The molecule has 5 aromatic rings. The van der Waals surface area contributed by atoms with Crippen LogP contribution in [-0.2, 0) is 19.2 Å². The number of piperazine rings is 1. The van der Waals surface area contributed by atoms with Gasteiger partial charge in [0.1, 0.15) is 40.4 Å². The van der Waals surface area contributed by atoms with Crippen LogP contribution in [0.3, 0.4) is 0 Å². The first kappa shape index (κ1) is 47.3. The molecule has 3 aromatic carbocycles. The lowest BCUT2D eigenvalue weighted by atomic mass is 9.78. The number of carbonyl (C=O) groups excluding carboxylic acids is 6. The maximum atomic E-state index is 16.1. The zero-order valence-electron chi connectivity index (χ0n) is 39.4. The largest absolute Gasteiger partial charge is 0.457 e. The number of rotatable bonds is 14. The van der Waals surface area contributed by atoms with Crippen molar-refractivity contribution < 1.29 is 42.3 Å². The number of aromatic nitrogens is 2. The monoisotopic (exact) mass is 968 g/mol. The Hall–Kier alpha value is -7.38. The first-order valence-corrected chi connectivity index (χ1v) is 24.1. The quantitative estimate of drug-likeness (QED) is 0.0728. The number of hydrogen-bond acceptors (Lipinski definition) is 13. The van der Waals surface area contributed by atoms with E-state index in [1.807, 2.05) is 0 Å². The minimum Gasteiger partial charge on any atom is -0.457 e. The van der Waals surface area contributed by atoms with Crippen molar-refractivity contribution in [2.75, 3.05) is 73.2 Å². The molecular weight excluding hydrogens is 915 g/mol. The first-order valence-electron chi connectivity index (χ1n) is 24.1. The standard InChI is InChI=1S/C52H54F2N10O7/c1-51(2,63-27-25-61(26-28-63)24-21-57-45-44-36(13-19-56-45)47(67)64(48(44)68)40-11-12-43(65)60-46(40)66)31-15-22-62(23-16-31)41-30-39-37(29-38(41)54)42(14-20-55-39)71-35-9-7-34(8-10-35)59-50(70)52(17-18-52)49(69)58-33-5-3-32(53)4-6-33/h3-10,13-14,19-20,29-31,40H,11-12,15-18,21-28H2,1-2H3,(H,56,57)(H,58,69)(H,59,70)(H,60,65,66). The Morgan fingerprint density at radius 1 is 0.803 bits per heavy atom. The Labute approximate surface area is 408 Å². The first-order chi connectivity index (χ1) is 34.2. The molecule has 368 valence electrons. The molecule has 0 spiro atoms. The summed E-state index contributed by atoms with van der Waals surface area (Å²) in [4.78, 5) is 94.0. The van der Waals surface area contributed by atoms with Gasteiger partial charge in [0.05, 0.1) is 22.3 Å². The average Bonchev–Trinajstić information content (AvgIpc) is 4.15. The van der Waals surface area contributed by atoms with Gasteiger partial charge in [-0.2, -0.15) is 0 Å². The highest BCUT2D eigenvalue weighted by atomic mass is 19.1. The van der Waals surface area contributed by atoms with Gasteiger partial charge in [0.15, 0.2) is 0 Å². The van der Waals surface area contributed by atoms with Crippen LogP contribution in [0.25, 0.3) is 10.9 Å². The maximum Gasteiger partial charge on any atom is 0.266 e. The minimum absolute atomic E-state index is 0.0478. The Morgan fingerprint density at radius 2 is 1.46 bits per heavy atom. The summed E-state index contributed by atoms with van der Waals surface area (Å²) in [6, 6.07) is 17.4. The van der Waals surface area contributed by atoms with E-state index in [0.717, 1.165) is 43.9 Å². The molecule has 4 N–H and O–H groups in total. The molecule has 1 unspecified atom stereocenters. The predicted octanol–water partition coefficient (Wildman–Crippen LogP) is 6.18. The van der Waals surface area contributed by atoms with Crippen LogP contribution in [0.2, 0.25) is 0 Å². The molecular formula is C52H54F2N10O7. The lowest BCUT2D eigenvalue weighted by molar-refractivity contribution is -0.136. The number of carbonyl (C=O) groups is 6. The Bertz CT molecular complexity index is 2930. The Morgan fingerprint density at radius 3 is 2.13 bits per heavy atom. The molecule has 10 rings (SSSR count). The van der Waals surface area contributed by atoms with Crippen LogP contribution in [0.4, 0.5) is 31.7 Å². The van der Waals surface area contributed by atoms with E-state index >= 15 is 4.39 Å². The third kappa shape index (κ3) is 9.38. The Balaban J connectivity index is 0.694. The zero-order valence-corrected chi connectivity index (χ0v) is 39.4. The summed E-state index contributed by atoms with van der Waals surface area (Å²) >= 11 is 0. The van der Waals surface area contributed by atoms with E-state index in [9.17, 15) is 33.2 Å². The van der Waals surface area contributed by atoms with Crippen LogP contribution in [0.5, 0.6) is 11.5 Å². The number of pyridine rings is 2. The van der Waals surface area contributed by atoms with Gasteiger partial charge in [-0.25, -0.2) is 13.8 Å². The number of hydrogen-bond donors (Lipinski definition) is 4. The van der Waals surface area contributed by atoms with E-state index < -0.39 is 52.7 Å². The third-order valence-corrected chi connectivity index (χ3v) is 14.9. The fraction of sp³-hybridized carbons (Fsp3) is 0.385. The number of fused-ring (bicyclic) bond motifs is 2. The summed E-state index contributed by atoms with van der Waals surface area (Å²) in [7, 11) is 0. The van der Waals surface area contributed by atoms with Crippen molar-refractivity contribution in [3.63, 3.8) is 0 Å². The summed E-state index contributed by atoms with van der Waals surface area (Å²) in [6.07, 6.45) is 5.81. The van der Waals surface area contributed by atoms with Crippen LogP contribution < -0.4 is 30.9 Å². The summed E-state index contributed by atoms with van der Waals surface area (Å²) in [5, 5.41) is 11.5. The Kier molecular flexibility index (Phi) is 12.7. The van der Waals surface area contributed by atoms with Gasteiger partial charge in [-0.05, 0) is 125 Å². The van der Waals surface area contributed by atoms with Crippen molar-refractivity contribution in [1.82, 2.24) is 30.0 Å². The van der Waals surface area contributed by atoms with Crippen LogP contribution in [-0.4, -0.2) is 124 Å². The molecule has 0 radical (unpaired) electrons. The van der Waals surface area contributed by atoms with Crippen molar-refractivity contribution >= 4 is 69.2 Å². The van der Waals surface area contributed by atoms with Gasteiger partial charge in [0.2, 0.25) is 23.6 Å². The highest BCUT2D eigenvalue weighted by Gasteiger charge is 2.56. The number of piperidine rings is 2. The van der Waals surface area contributed by atoms with E-state index in [1.165, 1.54) is 42.6 Å². The number of ether oxygens (including phenoxy) is 1. The number of benzene rings is 3. The molecule has 5 aliphatic rings. The number of amides is 6. The second-order valence-corrected chi connectivity index (χ2v) is 19.5. The van der Waals surface area contributed by atoms with Crippen LogP contribution in [0.1, 0.15) is 73.1 Å². The van der Waals surface area contributed by atoms with Gasteiger partial charge in [0, 0.05) is 93.5 Å². The summed E-state index contributed by atoms with van der Waals surface area (Å²) in [5.74, 6) is -2.34. The van der Waals surface area contributed by atoms with Crippen molar-refractivity contribution in [1.29, 1.82) is 0 Å². The van der Waals surface area contributed by atoms with E-state index in [1.54, 1.807) is 42.6 Å². The summed E-state index contributed by atoms with van der Waals surface area (Å²) in [6.45, 7) is 10.6. The molecule has 1 atom stereocenters. The molecule has 1 saturated carbocycles. The van der Waals surface area contributed by atoms with Gasteiger partial charge < -0.3 is 25.6 Å². The van der Waals surface area contributed by atoms with Crippen molar-refractivity contribution in [3.05, 3.63) is 108 Å². The topological polar surface area (TPSA) is 199 Å². The van der Waals surface area contributed by atoms with E-state index in [4.69, 9.17) is 4.74 Å². The molecule has 6 amide bonds. The molecule has 6 heterocycles. The number of anilines is 4. The minimum atomic E-state index is -1.20. The predicted molar refractivity (Wildman–Crippen MR) is 260 cm³/mol. The van der Waals surface area contributed by atoms with Crippen LogP contribution >= 0.6 is 0 Å². The molecule has 3 saturated heterocycles. The molecule has 4 fully saturated rings. The smallest absolute Gasteiger partial charge is 0.266 e. The van der Waals surface area contributed by atoms with E-state index in [2.05, 4.69) is 59.8 Å². The molecule has 0 bridgehead atoms.